The Kier molecular flexibility index (Phi) is 10.4. The molecule has 7 heteroatoms. The number of aryl methyl sites for hydroxylation is 1. The fourth-order valence-electron chi connectivity index (χ4n) is 2.90. The summed E-state index contributed by atoms with van der Waals surface area (Å²) >= 11 is 0. The van der Waals surface area contributed by atoms with E-state index in [1.165, 1.54) is 0 Å². The van der Waals surface area contributed by atoms with Gasteiger partial charge in [0.2, 0.25) is 0 Å². The summed E-state index contributed by atoms with van der Waals surface area (Å²) in [4.78, 5) is 0.190. The molecule has 2 unspecified atom stereocenters. The second kappa shape index (κ2) is 12.5. The van der Waals surface area contributed by atoms with Gasteiger partial charge in [0, 0.05) is 13.0 Å². The van der Waals surface area contributed by atoms with Gasteiger partial charge in [0.05, 0.1) is 36.9 Å². The van der Waals surface area contributed by atoms with E-state index in [0.717, 1.165) is 44.3 Å². The first kappa shape index (κ1) is 23.3. The SMILES string of the molecule is Cc1ccc(S(=O)(=O)OCCCCCCC(O)COCC2[C]CCCO2)cc1. The molecule has 1 aliphatic heterocycles. The number of hydrogen-bond acceptors (Lipinski definition) is 6. The highest BCUT2D eigenvalue weighted by molar-refractivity contribution is 7.86. The van der Waals surface area contributed by atoms with Crippen molar-refractivity contribution >= 4 is 10.1 Å². The van der Waals surface area contributed by atoms with Crippen LogP contribution in [0.15, 0.2) is 29.2 Å². The second-order valence-corrected chi connectivity index (χ2v) is 8.77. The van der Waals surface area contributed by atoms with Crippen molar-refractivity contribution in [2.75, 3.05) is 26.4 Å². The molecular weight excluding hydrogens is 380 g/mol. The van der Waals surface area contributed by atoms with Gasteiger partial charge in [-0.1, -0.05) is 37.0 Å². The molecule has 0 spiro atoms. The molecule has 1 aliphatic rings. The van der Waals surface area contributed by atoms with Crippen molar-refractivity contribution in [3.05, 3.63) is 36.2 Å². The summed E-state index contributed by atoms with van der Waals surface area (Å²) in [7, 11) is -3.67. The van der Waals surface area contributed by atoms with E-state index in [4.69, 9.17) is 13.7 Å². The molecular formula is C21H32O6S. The third-order valence-corrected chi connectivity index (χ3v) is 5.90. The normalized spacial score (nSPS) is 18.9. The Morgan fingerprint density at radius 1 is 1.21 bits per heavy atom. The Balaban J connectivity index is 1.47. The molecule has 0 aromatic heterocycles. The maximum absolute atomic E-state index is 12.1. The van der Waals surface area contributed by atoms with Crippen molar-refractivity contribution in [1.29, 1.82) is 0 Å². The van der Waals surface area contributed by atoms with Crippen LogP contribution in [0, 0.1) is 13.3 Å². The molecule has 1 N–H and O–H groups in total. The summed E-state index contributed by atoms with van der Waals surface area (Å²) in [6.45, 7) is 3.59. The van der Waals surface area contributed by atoms with Crippen molar-refractivity contribution < 1.29 is 27.2 Å². The van der Waals surface area contributed by atoms with E-state index >= 15 is 0 Å². The van der Waals surface area contributed by atoms with Crippen molar-refractivity contribution in [3.8, 4) is 0 Å². The Labute approximate surface area is 169 Å². The van der Waals surface area contributed by atoms with Gasteiger partial charge in [-0.15, -0.1) is 0 Å². The Bertz CT molecular complexity index is 637. The average molecular weight is 413 g/mol. The first-order valence-electron chi connectivity index (χ1n) is 10.0. The molecule has 6 nitrogen and oxygen atoms in total. The van der Waals surface area contributed by atoms with Crippen molar-refractivity contribution in [2.45, 2.75) is 69.0 Å². The Morgan fingerprint density at radius 2 is 1.96 bits per heavy atom. The number of aliphatic hydroxyl groups is 1. The minimum atomic E-state index is -3.67. The van der Waals surface area contributed by atoms with E-state index in [9.17, 15) is 13.5 Å². The van der Waals surface area contributed by atoms with Crippen LogP contribution in [-0.4, -0.2) is 52.2 Å². The highest BCUT2D eigenvalue weighted by Gasteiger charge is 2.16. The molecule has 158 valence electrons. The van der Waals surface area contributed by atoms with Crippen molar-refractivity contribution in [3.63, 3.8) is 0 Å². The largest absolute Gasteiger partial charge is 0.391 e. The lowest BCUT2D eigenvalue weighted by molar-refractivity contribution is -0.0388. The summed E-state index contributed by atoms with van der Waals surface area (Å²) in [6.07, 6.45) is 8.58. The Hall–Kier alpha value is -0.990. The van der Waals surface area contributed by atoms with Crippen molar-refractivity contribution in [1.82, 2.24) is 0 Å². The maximum atomic E-state index is 12.1. The predicted molar refractivity (Wildman–Crippen MR) is 106 cm³/mol. The van der Waals surface area contributed by atoms with Crippen molar-refractivity contribution in [2.24, 2.45) is 0 Å². The van der Waals surface area contributed by atoms with Crippen LogP contribution in [0.5, 0.6) is 0 Å². The molecule has 2 radical (unpaired) electrons. The third kappa shape index (κ3) is 9.01. The number of benzene rings is 1. The average Bonchev–Trinajstić information content (AvgIpc) is 2.68. The number of ether oxygens (including phenoxy) is 2. The smallest absolute Gasteiger partial charge is 0.296 e. The molecule has 1 fully saturated rings. The number of rotatable bonds is 13. The molecule has 1 aromatic carbocycles. The molecule has 1 heterocycles. The first-order valence-corrected chi connectivity index (χ1v) is 11.4. The van der Waals surface area contributed by atoms with Crippen LogP contribution in [0.2, 0.25) is 0 Å². The van der Waals surface area contributed by atoms with Crippen LogP contribution in [0.25, 0.3) is 0 Å². The fraction of sp³-hybridized carbons (Fsp3) is 0.667. The van der Waals surface area contributed by atoms with Gasteiger partial charge >= 0.3 is 0 Å². The quantitative estimate of drug-likeness (QED) is 0.395. The molecule has 0 bridgehead atoms. The fourth-order valence-corrected chi connectivity index (χ4v) is 3.84. The number of aliphatic hydroxyl groups excluding tert-OH is 1. The summed E-state index contributed by atoms with van der Waals surface area (Å²) in [5.41, 5.74) is 1.01. The van der Waals surface area contributed by atoms with Gasteiger partial charge in [-0.25, -0.2) is 0 Å². The van der Waals surface area contributed by atoms with Gasteiger partial charge in [-0.2, -0.15) is 8.42 Å². The van der Waals surface area contributed by atoms with E-state index in [1.54, 1.807) is 24.3 Å². The minimum Gasteiger partial charge on any atom is -0.391 e. The van der Waals surface area contributed by atoms with Crippen LogP contribution < -0.4 is 0 Å². The molecule has 1 saturated heterocycles. The molecule has 28 heavy (non-hydrogen) atoms. The lowest BCUT2D eigenvalue weighted by atomic mass is 10.1. The molecule has 1 aromatic rings. The number of hydrogen-bond donors (Lipinski definition) is 1. The maximum Gasteiger partial charge on any atom is 0.296 e. The van der Waals surface area contributed by atoms with Crippen LogP contribution in [0.1, 0.15) is 50.5 Å². The zero-order valence-electron chi connectivity index (χ0n) is 16.6. The Morgan fingerprint density at radius 3 is 2.68 bits per heavy atom. The standard InChI is InChI=1S/C21H32O6S/c1-18-10-12-21(13-11-18)28(23,24)27-15-6-3-2-4-8-19(22)16-25-17-20-9-5-7-14-26-20/h10-13,19-20,22H,2-8,14-17H2,1H3. The lowest BCUT2D eigenvalue weighted by Gasteiger charge is -2.22. The monoisotopic (exact) mass is 412 g/mol. The van der Waals surface area contributed by atoms with Gasteiger partial charge < -0.3 is 14.6 Å². The summed E-state index contributed by atoms with van der Waals surface area (Å²) < 4.78 is 40.2. The molecule has 0 amide bonds. The van der Waals surface area contributed by atoms with Crippen LogP contribution in [0.3, 0.4) is 0 Å². The summed E-state index contributed by atoms with van der Waals surface area (Å²) in [6, 6.07) is 6.63. The zero-order valence-corrected chi connectivity index (χ0v) is 17.5. The topological polar surface area (TPSA) is 82.1 Å². The lowest BCUT2D eigenvalue weighted by Crippen LogP contribution is -2.27. The van der Waals surface area contributed by atoms with E-state index < -0.39 is 16.2 Å². The molecule has 2 atom stereocenters. The van der Waals surface area contributed by atoms with E-state index in [2.05, 4.69) is 6.42 Å². The second-order valence-electron chi connectivity index (χ2n) is 7.15. The first-order chi connectivity index (χ1) is 13.5. The molecule has 0 aliphatic carbocycles. The van der Waals surface area contributed by atoms with Crippen LogP contribution >= 0.6 is 0 Å². The highest BCUT2D eigenvalue weighted by Crippen LogP contribution is 2.15. The van der Waals surface area contributed by atoms with Crippen LogP contribution in [0.4, 0.5) is 0 Å². The van der Waals surface area contributed by atoms with Gasteiger partial charge in [0.1, 0.15) is 0 Å². The van der Waals surface area contributed by atoms with Gasteiger partial charge in [-0.05, 0) is 44.7 Å². The third-order valence-electron chi connectivity index (χ3n) is 4.57. The van der Waals surface area contributed by atoms with Gasteiger partial charge in [0.15, 0.2) is 0 Å². The van der Waals surface area contributed by atoms with E-state index in [-0.39, 0.29) is 17.6 Å². The molecule has 0 saturated carbocycles. The highest BCUT2D eigenvalue weighted by atomic mass is 32.2. The van der Waals surface area contributed by atoms with E-state index in [1.807, 2.05) is 6.92 Å². The van der Waals surface area contributed by atoms with Crippen LogP contribution in [-0.2, 0) is 23.8 Å². The minimum absolute atomic E-state index is 0.0721. The molecule has 2 rings (SSSR count). The van der Waals surface area contributed by atoms with Gasteiger partial charge in [-0.3, -0.25) is 4.18 Å². The van der Waals surface area contributed by atoms with Gasteiger partial charge in [0.25, 0.3) is 10.1 Å². The summed E-state index contributed by atoms with van der Waals surface area (Å²) in [5.74, 6) is 0. The summed E-state index contributed by atoms with van der Waals surface area (Å²) in [5, 5.41) is 9.94. The predicted octanol–water partition coefficient (Wildman–Crippen LogP) is 3.29. The van der Waals surface area contributed by atoms with E-state index in [0.29, 0.717) is 26.1 Å². The number of unbranched alkanes of at least 4 members (excludes halogenated alkanes) is 3. The zero-order chi connectivity index (χ0) is 20.2.